The maximum Gasteiger partial charge on any atom is 0.255 e. The summed E-state index contributed by atoms with van der Waals surface area (Å²) in [5.74, 6) is -0.675. The van der Waals surface area contributed by atoms with Crippen LogP contribution in [0.15, 0.2) is 35.5 Å². The maximum absolute atomic E-state index is 12.4. The Balaban J connectivity index is 1.96. The number of rotatable bonds is 3. The lowest BCUT2D eigenvalue weighted by molar-refractivity contribution is -0.117. The third-order valence-electron chi connectivity index (χ3n) is 3.96. The van der Waals surface area contributed by atoms with E-state index in [1.54, 1.807) is 0 Å². The van der Waals surface area contributed by atoms with Crippen LogP contribution in [0.2, 0.25) is 10.0 Å². The van der Waals surface area contributed by atoms with E-state index in [-0.39, 0.29) is 45.6 Å². The van der Waals surface area contributed by atoms with E-state index >= 15 is 0 Å². The number of halogens is 2. The average Bonchev–Trinajstić information content (AvgIpc) is 2.92. The Kier molecular flexibility index (Phi) is 4.63. The van der Waals surface area contributed by atoms with Crippen LogP contribution in [0.25, 0.3) is 0 Å². The second-order valence-electron chi connectivity index (χ2n) is 5.60. The summed E-state index contributed by atoms with van der Waals surface area (Å²) >= 11 is 12.2. The second-order valence-corrected chi connectivity index (χ2v) is 7.89. The number of nitrogens with zero attached hydrogens (tertiary/aromatic N) is 2. The third-order valence-corrected chi connectivity index (χ3v) is 5.59. The van der Waals surface area contributed by atoms with Gasteiger partial charge >= 0.3 is 0 Å². The standard InChI is InChI=1S/C15H13Cl2N3O4S/c16-10-1-2-11(21)14(15(10)17)8-5-13(22)20(7-8)9-3-4-19-12(6-9)25(18,23)24/h1-4,6,8,21H,5,7H2,(H2,18,23,24)/t8-/m1/s1. The molecule has 3 rings (SSSR count). The highest BCUT2D eigenvalue weighted by atomic mass is 35.5. The highest BCUT2D eigenvalue weighted by Gasteiger charge is 2.35. The van der Waals surface area contributed by atoms with Gasteiger partial charge in [-0.25, -0.2) is 18.5 Å². The molecule has 0 radical (unpaired) electrons. The summed E-state index contributed by atoms with van der Waals surface area (Å²) in [6.07, 6.45) is 1.36. The van der Waals surface area contributed by atoms with Crippen LogP contribution in [0.1, 0.15) is 17.9 Å². The Morgan fingerprint density at radius 3 is 2.68 bits per heavy atom. The summed E-state index contributed by atoms with van der Waals surface area (Å²) in [7, 11) is -3.98. The number of anilines is 1. The SMILES string of the molecule is NS(=O)(=O)c1cc(N2C[C@H](c3c(O)ccc(Cl)c3Cl)CC2=O)ccn1. The number of carbonyl (C=O) groups is 1. The molecular weight excluding hydrogens is 389 g/mol. The first kappa shape index (κ1) is 17.9. The third kappa shape index (κ3) is 3.43. The minimum absolute atomic E-state index is 0.0472. The van der Waals surface area contributed by atoms with Crippen molar-refractivity contribution >= 4 is 44.8 Å². The van der Waals surface area contributed by atoms with E-state index in [4.69, 9.17) is 28.3 Å². The van der Waals surface area contributed by atoms with Gasteiger partial charge in [-0.2, -0.15) is 0 Å². The average molecular weight is 402 g/mol. The summed E-state index contributed by atoms with van der Waals surface area (Å²) in [6, 6.07) is 5.63. The molecule has 0 spiro atoms. The van der Waals surface area contributed by atoms with Gasteiger partial charge in [-0.15, -0.1) is 0 Å². The molecule has 2 heterocycles. The van der Waals surface area contributed by atoms with Crippen LogP contribution in [0.5, 0.6) is 5.75 Å². The van der Waals surface area contributed by atoms with Gasteiger partial charge in [-0.3, -0.25) is 4.79 Å². The molecule has 0 bridgehead atoms. The molecule has 2 aromatic rings. The summed E-state index contributed by atoms with van der Waals surface area (Å²) < 4.78 is 22.9. The first-order valence-corrected chi connectivity index (χ1v) is 9.45. The van der Waals surface area contributed by atoms with E-state index in [1.165, 1.54) is 35.4 Å². The van der Waals surface area contributed by atoms with E-state index in [9.17, 15) is 18.3 Å². The lowest BCUT2D eigenvalue weighted by Gasteiger charge is -2.18. The van der Waals surface area contributed by atoms with Crippen molar-refractivity contribution in [2.45, 2.75) is 17.4 Å². The van der Waals surface area contributed by atoms with E-state index in [0.29, 0.717) is 11.3 Å². The van der Waals surface area contributed by atoms with Crippen molar-refractivity contribution in [1.29, 1.82) is 0 Å². The first-order chi connectivity index (χ1) is 11.7. The number of benzene rings is 1. The Morgan fingerprint density at radius 1 is 1.28 bits per heavy atom. The molecule has 0 saturated carbocycles. The van der Waals surface area contributed by atoms with E-state index < -0.39 is 10.0 Å². The molecule has 1 saturated heterocycles. The molecule has 1 aliphatic heterocycles. The van der Waals surface area contributed by atoms with Gasteiger partial charge in [0.1, 0.15) is 5.75 Å². The van der Waals surface area contributed by atoms with Crippen LogP contribution >= 0.6 is 23.2 Å². The highest BCUT2D eigenvalue weighted by Crippen LogP contribution is 2.42. The summed E-state index contributed by atoms with van der Waals surface area (Å²) in [5.41, 5.74) is 0.745. The van der Waals surface area contributed by atoms with Crippen LogP contribution in [0.4, 0.5) is 5.69 Å². The minimum atomic E-state index is -3.98. The summed E-state index contributed by atoms with van der Waals surface area (Å²) in [5, 5.41) is 15.3. The van der Waals surface area contributed by atoms with Crippen LogP contribution in [-0.2, 0) is 14.8 Å². The molecule has 1 fully saturated rings. The second kappa shape index (κ2) is 6.45. The van der Waals surface area contributed by atoms with Gasteiger partial charge in [-0.05, 0) is 18.2 Å². The van der Waals surface area contributed by atoms with Crippen LogP contribution in [-0.4, -0.2) is 31.0 Å². The number of sulfonamides is 1. The lowest BCUT2D eigenvalue weighted by Crippen LogP contribution is -2.25. The number of hydrogen-bond donors (Lipinski definition) is 2. The number of amides is 1. The molecule has 0 unspecified atom stereocenters. The summed E-state index contributed by atoms with van der Waals surface area (Å²) in [4.78, 5) is 17.5. The number of hydrogen-bond acceptors (Lipinski definition) is 5. The molecular formula is C15H13Cl2N3O4S. The normalized spacial score (nSPS) is 18.0. The number of phenols is 1. The predicted octanol–water partition coefficient (Wildman–Crippen LogP) is 2.26. The Hall–Kier alpha value is -1.87. The van der Waals surface area contributed by atoms with Crippen LogP contribution in [0, 0.1) is 0 Å². The lowest BCUT2D eigenvalue weighted by atomic mass is 9.97. The highest BCUT2D eigenvalue weighted by molar-refractivity contribution is 7.89. The number of aromatic nitrogens is 1. The monoisotopic (exact) mass is 401 g/mol. The van der Waals surface area contributed by atoms with Gasteiger partial charge in [0.2, 0.25) is 5.91 Å². The molecule has 1 aromatic carbocycles. The molecule has 1 atom stereocenters. The quantitative estimate of drug-likeness (QED) is 0.818. The molecule has 7 nitrogen and oxygen atoms in total. The van der Waals surface area contributed by atoms with Crippen molar-refractivity contribution in [3.8, 4) is 5.75 Å². The van der Waals surface area contributed by atoms with Gasteiger partial charge in [0.15, 0.2) is 5.03 Å². The number of aromatic hydroxyl groups is 1. The fourth-order valence-electron chi connectivity index (χ4n) is 2.82. The molecule has 1 amide bonds. The van der Waals surface area contributed by atoms with Gasteiger partial charge in [0.25, 0.3) is 10.0 Å². The van der Waals surface area contributed by atoms with Gasteiger partial charge < -0.3 is 10.0 Å². The molecule has 132 valence electrons. The van der Waals surface area contributed by atoms with Crippen LogP contribution in [0.3, 0.4) is 0 Å². The smallest absolute Gasteiger partial charge is 0.255 e. The molecule has 3 N–H and O–H groups in total. The van der Waals surface area contributed by atoms with Crippen molar-refractivity contribution in [1.82, 2.24) is 4.98 Å². The largest absolute Gasteiger partial charge is 0.508 e. The maximum atomic E-state index is 12.4. The molecule has 25 heavy (non-hydrogen) atoms. The zero-order chi connectivity index (χ0) is 18.4. The number of nitrogens with two attached hydrogens (primary N) is 1. The Morgan fingerprint density at radius 2 is 2.00 bits per heavy atom. The zero-order valence-corrected chi connectivity index (χ0v) is 15.0. The zero-order valence-electron chi connectivity index (χ0n) is 12.7. The van der Waals surface area contributed by atoms with Gasteiger partial charge in [-0.1, -0.05) is 23.2 Å². The predicted molar refractivity (Wildman–Crippen MR) is 93.4 cm³/mol. The molecule has 1 aromatic heterocycles. The number of phenolic OH excluding ortho intramolecular Hbond substituents is 1. The molecule has 0 aliphatic carbocycles. The fraction of sp³-hybridized carbons (Fsp3) is 0.200. The van der Waals surface area contributed by atoms with Crippen LogP contribution < -0.4 is 10.0 Å². The molecule has 10 heteroatoms. The number of pyridine rings is 1. The van der Waals surface area contributed by atoms with Gasteiger partial charge in [0.05, 0.1) is 10.0 Å². The van der Waals surface area contributed by atoms with Crippen molar-refractivity contribution in [2.75, 3.05) is 11.4 Å². The van der Waals surface area contributed by atoms with E-state index in [1.807, 2.05) is 0 Å². The Labute approximate surface area is 154 Å². The van der Waals surface area contributed by atoms with Gasteiger partial charge in [0, 0.05) is 42.4 Å². The fourth-order valence-corrected chi connectivity index (χ4v) is 3.79. The minimum Gasteiger partial charge on any atom is -0.508 e. The van der Waals surface area contributed by atoms with Crippen molar-refractivity contribution < 1.29 is 18.3 Å². The van der Waals surface area contributed by atoms with Crippen molar-refractivity contribution in [2.24, 2.45) is 5.14 Å². The molecule has 1 aliphatic rings. The van der Waals surface area contributed by atoms with Crippen molar-refractivity contribution in [3.63, 3.8) is 0 Å². The Bertz CT molecular complexity index is 965. The number of carbonyl (C=O) groups excluding carboxylic acids is 1. The van der Waals surface area contributed by atoms with E-state index in [0.717, 1.165) is 0 Å². The first-order valence-electron chi connectivity index (χ1n) is 7.14. The van der Waals surface area contributed by atoms with E-state index in [2.05, 4.69) is 4.98 Å². The van der Waals surface area contributed by atoms with Crippen molar-refractivity contribution in [3.05, 3.63) is 46.1 Å². The summed E-state index contributed by atoms with van der Waals surface area (Å²) in [6.45, 7) is 0.209. The number of primary sulfonamides is 1. The topological polar surface area (TPSA) is 114 Å².